The number of thioether (sulfide) groups is 1. The summed E-state index contributed by atoms with van der Waals surface area (Å²) < 4.78 is 12.7. The van der Waals surface area contributed by atoms with E-state index in [1.54, 1.807) is 0 Å². The Labute approximate surface area is 86.1 Å². The SMILES string of the molecule is O=C(O)C(F)C(=O)SC1CCCCC1. The van der Waals surface area contributed by atoms with Crippen LogP contribution in [0.15, 0.2) is 0 Å². The lowest BCUT2D eigenvalue weighted by Crippen LogP contribution is -2.25. The number of alkyl halides is 1. The average Bonchev–Trinajstić information content (AvgIpc) is 2.18. The number of rotatable bonds is 3. The quantitative estimate of drug-likeness (QED) is 0.739. The van der Waals surface area contributed by atoms with E-state index in [2.05, 4.69) is 0 Å². The molecule has 0 aromatic carbocycles. The largest absolute Gasteiger partial charge is 0.479 e. The minimum atomic E-state index is -2.36. The molecule has 1 rings (SSSR count). The van der Waals surface area contributed by atoms with Gasteiger partial charge < -0.3 is 5.11 Å². The van der Waals surface area contributed by atoms with Gasteiger partial charge in [-0.3, -0.25) is 4.79 Å². The molecule has 1 aliphatic carbocycles. The number of carbonyl (C=O) groups excluding carboxylic acids is 1. The first-order chi connectivity index (χ1) is 6.61. The summed E-state index contributed by atoms with van der Waals surface area (Å²) in [5.41, 5.74) is 0. The Balaban J connectivity index is 2.35. The molecule has 1 saturated carbocycles. The second-order valence-corrected chi connectivity index (χ2v) is 4.70. The molecule has 0 aromatic rings. The maximum atomic E-state index is 12.7. The maximum Gasteiger partial charge on any atom is 0.347 e. The Morgan fingerprint density at radius 3 is 2.36 bits per heavy atom. The summed E-state index contributed by atoms with van der Waals surface area (Å²) in [5.74, 6) is -1.68. The van der Waals surface area contributed by atoms with Crippen LogP contribution in [0.3, 0.4) is 0 Å². The van der Waals surface area contributed by atoms with Crippen LogP contribution in [0.4, 0.5) is 4.39 Å². The highest BCUT2D eigenvalue weighted by Crippen LogP contribution is 2.29. The molecule has 14 heavy (non-hydrogen) atoms. The van der Waals surface area contributed by atoms with Gasteiger partial charge in [0.1, 0.15) is 0 Å². The van der Waals surface area contributed by atoms with Gasteiger partial charge in [0.25, 0.3) is 6.17 Å². The van der Waals surface area contributed by atoms with Gasteiger partial charge in [-0.15, -0.1) is 0 Å². The van der Waals surface area contributed by atoms with Gasteiger partial charge >= 0.3 is 5.97 Å². The molecule has 1 atom stereocenters. The van der Waals surface area contributed by atoms with E-state index in [-0.39, 0.29) is 5.25 Å². The van der Waals surface area contributed by atoms with E-state index < -0.39 is 17.3 Å². The normalized spacial score (nSPS) is 20.4. The van der Waals surface area contributed by atoms with E-state index in [4.69, 9.17) is 5.11 Å². The molecule has 0 aliphatic heterocycles. The van der Waals surface area contributed by atoms with Gasteiger partial charge in [0.05, 0.1) is 0 Å². The third kappa shape index (κ3) is 3.29. The average molecular weight is 220 g/mol. The molecule has 0 saturated heterocycles. The standard InChI is InChI=1S/C9H13FO3S/c10-7(8(11)12)9(13)14-6-4-2-1-3-5-6/h6-7H,1-5H2,(H,11,12). The van der Waals surface area contributed by atoms with Gasteiger partial charge in [-0.25, -0.2) is 9.18 Å². The van der Waals surface area contributed by atoms with Gasteiger partial charge in [-0.05, 0) is 12.8 Å². The molecule has 1 aliphatic rings. The number of carboxylic acid groups (broad SMARTS) is 1. The molecule has 3 nitrogen and oxygen atoms in total. The highest BCUT2D eigenvalue weighted by Gasteiger charge is 2.28. The highest BCUT2D eigenvalue weighted by molar-refractivity contribution is 8.14. The lowest BCUT2D eigenvalue weighted by atomic mass is 10.0. The van der Waals surface area contributed by atoms with Crippen molar-refractivity contribution in [3.63, 3.8) is 0 Å². The summed E-state index contributed by atoms with van der Waals surface area (Å²) >= 11 is 0.862. The van der Waals surface area contributed by atoms with Crippen LogP contribution in [0.5, 0.6) is 0 Å². The molecule has 1 unspecified atom stereocenters. The fourth-order valence-electron chi connectivity index (χ4n) is 1.51. The van der Waals surface area contributed by atoms with Gasteiger partial charge in [-0.2, -0.15) is 0 Å². The lowest BCUT2D eigenvalue weighted by molar-refractivity contribution is -0.145. The Hall–Kier alpha value is -0.580. The molecule has 80 valence electrons. The molecule has 0 heterocycles. The van der Waals surface area contributed by atoms with Crippen molar-refractivity contribution in [2.75, 3.05) is 0 Å². The second kappa shape index (κ2) is 5.34. The van der Waals surface area contributed by atoms with Crippen molar-refractivity contribution in [2.24, 2.45) is 0 Å². The van der Waals surface area contributed by atoms with E-state index in [0.29, 0.717) is 0 Å². The first-order valence-corrected chi connectivity index (χ1v) is 5.56. The Bertz CT molecular complexity index is 226. The topological polar surface area (TPSA) is 54.4 Å². The lowest BCUT2D eigenvalue weighted by Gasteiger charge is -2.20. The Morgan fingerprint density at radius 1 is 1.29 bits per heavy atom. The summed E-state index contributed by atoms with van der Waals surface area (Å²) in [5, 5.41) is 7.53. The minimum absolute atomic E-state index is 0.119. The highest BCUT2D eigenvalue weighted by atomic mass is 32.2. The molecule has 0 aromatic heterocycles. The number of carbonyl (C=O) groups is 2. The van der Waals surface area contributed by atoms with Crippen LogP contribution in [0.1, 0.15) is 32.1 Å². The van der Waals surface area contributed by atoms with Crippen molar-refractivity contribution in [3.05, 3.63) is 0 Å². The monoisotopic (exact) mass is 220 g/mol. The summed E-state index contributed by atoms with van der Waals surface area (Å²) in [7, 11) is 0. The number of carboxylic acids is 1. The molecule has 0 amide bonds. The van der Waals surface area contributed by atoms with Crippen molar-refractivity contribution in [3.8, 4) is 0 Å². The second-order valence-electron chi connectivity index (χ2n) is 3.40. The maximum absolute atomic E-state index is 12.7. The predicted molar refractivity (Wildman–Crippen MR) is 52.0 cm³/mol. The molecular formula is C9H13FO3S. The van der Waals surface area contributed by atoms with Crippen LogP contribution in [0, 0.1) is 0 Å². The molecule has 1 N–H and O–H groups in total. The van der Waals surface area contributed by atoms with Crippen molar-refractivity contribution in [2.45, 2.75) is 43.5 Å². The summed E-state index contributed by atoms with van der Waals surface area (Å²) in [6.07, 6.45) is 2.68. The van der Waals surface area contributed by atoms with E-state index in [9.17, 15) is 14.0 Å². The summed E-state index contributed by atoms with van der Waals surface area (Å²) in [4.78, 5) is 21.2. The molecule has 1 fully saturated rings. The van der Waals surface area contributed by atoms with E-state index >= 15 is 0 Å². The van der Waals surface area contributed by atoms with Crippen molar-refractivity contribution in [1.29, 1.82) is 0 Å². The van der Waals surface area contributed by atoms with Gasteiger partial charge in [-0.1, -0.05) is 31.0 Å². The van der Waals surface area contributed by atoms with Crippen LogP contribution in [-0.2, 0) is 9.59 Å². The zero-order valence-electron chi connectivity index (χ0n) is 7.74. The van der Waals surface area contributed by atoms with Gasteiger partial charge in [0.15, 0.2) is 0 Å². The zero-order chi connectivity index (χ0) is 10.6. The number of hydrogen-bond acceptors (Lipinski definition) is 3. The minimum Gasteiger partial charge on any atom is -0.479 e. The van der Waals surface area contributed by atoms with Crippen LogP contribution >= 0.6 is 11.8 Å². The summed E-state index contributed by atoms with van der Waals surface area (Å²) in [6, 6.07) is 0. The van der Waals surface area contributed by atoms with Crippen molar-refractivity contribution < 1.29 is 19.1 Å². The molecule has 0 radical (unpaired) electrons. The van der Waals surface area contributed by atoms with E-state index in [1.807, 2.05) is 0 Å². The van der Waals surface area contributed by atoms with Crippen LogP contribution in [0.2, 0.25) is 0 Å². The van der Waals surface area contributed by atoms with Crippen molar-refractivity contribution >= 4 is 22.8 Å². The van der Waals surface area contributed by atoms with Crippen LogP contribution in [0.25, 0.3) is 0 Å². The van der Waals surface area contributed by atoms with Crippen LogP contribution in [-0.4, -0.2) is 27.6 Å². The number of hydrogen-bond donors (Lipinski definition) is 1. The molecule has 0 bridgehead atoms. The first kappa shape index (κ1) is 11.5. The first-order valence-electron chi connectivity index (χ1n) is 4.68. The van der Waals surface area contributed by atoms with Gasteiger partial charge in [0.2, 0.25) is 5.12 Å². The molecular weight excluding hydrogens is 207 g/mol. The third-order valence-electron chi connectivity index (χ3n) is 2.26. The summed E-state index contributed by atoms with van der Waals surface area (Å²) in [6.45, 7) is 0. The third-order valence-corrected chi connectivity index (χ3v) is 3.50. The number of halogens is 1. The van der Waals surface area contributed by atoms with E-state index in [0.717, 1.165) is 43.9 Å². The van der Waals surface area contributed by atoms with Crippen molar-refractivity contribution in [1.82, 2.24) is 0 Å². The predicted octanol–water partition coefficient (Wildman–Crippen LogP) is 2.00. The van der Waals surface area contributed by atoms with Crippen LogP contribution < -0.4 is 0 Å². The smallest absolute Gasteiger partial charge is 0.347 e. The van der Waals surface area contributed by atoms with E-state index in [1.165, 1.54) is 0 Å². The van der Waals surface area contributed by atoms with Gasteiger partial charge in [0, 0.05) is 5.25 Å². The molecule has 5 heteroatoms. The fraction of sp³-hybridized carbons (Fsp3) is 0.778. The molecule has 0 spiro atoms. The number of aliphatic carboxylic acids is 1. The Kier molecular flexibility index (Phi) is 4.38. The Morgan fingerprint density at radius 2 is 1.86 bits per heavy atom. The zero-order valence-corrected chi connectivity index (χ0v) is 8.56. The fourth-order valence-corrected chi connectivity index (χ4v) is 2.63.